The van der Waals surface area contributed by atoms with Crippen LogP contribution in [0.4, 0.5) is 5.69 Å². The quantitative estimate of drug-likeness (QED) is 0.881. The molecule has 0 amide bonds. The van der Waals surface area contributed by atoms with Crippen LogP contribution in [0, 0.1) is 0 Å². The van der Waals surface area contributed by atoms with Crippen LogP contribution in [0.3, 0.4) is 0 Å². The van der Waals surface area contributed by atoms with E-state index in [0.29, 0.717) is 18.8 Å². The smallest absolute Gasteiger partial charge is 0.328 e. The largest absolute Gasteiger partial charge is 0.398 e. The van der Waals surface area contributed by atoms with E-state index >= 15 is 0 Å². The Balaban J connectivity index is 2.38. The first kappa shape index (κ1) is 12.0. The van der Waals surface area contributed by atoms with Gasteiger partial charge in [-0.1, -0.05) is 22.0 Å². The molecule has 0 aliphatic carbocycles. The van der Waals surface area contributed by atoms with Crippen LogP contribution in [0.25, 0.3) is 0 Å². The van der Waals surface area contributed by atoms with Gasteiger partial charge in [-0.2, -0.15) is 0 Å². The van der Waals surface area contributed by atoms with Crippen molar-refractivity contribution in [2.75, 3.05) is 5.73 Å². The molecule has 0 aliphatic heterocycles. The van der Waals surface area contributed by atoms with Crippen LogP contribution in [0.15, 0.2) is 39.9 Å². The lowest BCUT2D eigenvalue weighted by Gasteiger charge is -2.08. The maximum atomic E-state index is 11.9. The Morgan fingerprint density at radius 1 is 1.29 bits per heavy atom. The number of hydrogen-bond acceptors (Lipinski definition) is 2. The molecule has 0 atom stereocenters. The van der Waals surface area contributed by atoms with Gasteiger partial charge in [0, 0.05) is 34.7 Å². The Bertz CT molecular complexity index is 565. The summed E-state index contributed by atoms with van der Waals surface area (Å²) in [5, 5.41) is 0. The summed E-state index contributed by atoms with van der Waals surface area (Å²) in [6.45, 7) is 3.11. The summed E-state index contributed by atoms with van der Waals surface area (Å²) in [6, 6.07) is 5.64. The van der Waals surface area contributed by atoms with Gasteiger partial charge < -0.3 is 5.73 Å². The van der Waals surface area contributed by atoms with Gasteiger partial charge in [0.2, 0.25) is 0 Å². The highest BCUT2D eigenvalue weighted by atomic mass is 79.9. The lowest BCUT2D eigenvalue weighted by molar-refractivity contribution is 0.668. The number of hydrogen-bond donors (Lipinski definition) is 1. The van der Waals surface area contributed by atoms with Crippen molar-refractivity contribution in [1.82, 2.24) is 9.13 Å². The van der Waals surface area contributed by atoms with E-state index in [1.165, 1.54) is 0 Å². The molecule has 0 saturated heterocycles. The van der Waals surface area contributed by atoms with Crippen LogP contribution in [0.2, 0.25) is 0 Å². The molecular weight excluding hydrogens is 282 g/mol. The first-order chi connectivity index (χ1) is 8.13. The molecule has 0 aliphatic rings. The number of halogens is 1. The Hall–Kier alpha value is -1.49. The van der Waals surface area contributed by atoms with Crippen molar-refractivity contribution in [3.63, 3.8) is 0 Å². The minimum atomic E-state index is -0.0114. The van der Waals surface area contributed by atoms with Crippen molar-refractivity contribution in [1.29, 1.82) is 0 Å². The molecule has 0 bridgehead atoms. The zero-order chi connectivity index (χ0) is 12.4. The molecule has 1 heterocycles. The predicted octanol–water partition coefficient (Wildman–Crippen LogP) is 2.06. The van der Waals surface area contributed by atoms with E-state index in [-0.39, 0.29) is 5.69 Å². The third-order valence-electron chi connectivity index (χ3n) is 2.74. The van der Waals surface area contributed by atoms with Gasteiger partial charge in [0.05, 0.1) is 6.54 Å². The summed E-state index contributed by atoms with van der Waals surface area (Å²) in [7, 11) is 0. The number of nitrogen functional groups attached to an aromatic ring is 1. The Kier molecular flexibility index (Phi) is 3.38. The van der Waals surface area contributed by atoms with E-state index in [1.807, 2.05) is 25.1 Å². The molecule has 0 spiro atoms. The van der Waals surface area contributed by atoms with Crippen LogP contribution >= 0.6 is 15.9 Å². The fourth-order valence-corrected chi connectivity index (χ4v) is 2.23. The highest BCUT2D eigenvalue weighted by Gasteiger charge is 2.07. The average molecular weight is 296 g/mol. The SMILES string of the molecule is CCn1ccn(Cc2c(N)cccc2Br)c1=O. The van der Waals surface area contributed by atoms with Crippen molar-refractivity contribution in [2.24, 2.45) is 0 Å². The Morgan fingerprint density at radius 3 is 2.59 bits per heavy atom. The monoisotopic (exact) mass is 295 g/mol. The van der Waals surface area contributed by atoms with Crippen molar-refractivity contribution in [3.05, 3.63) is 51.1 Å². The topological polar surface area (TPSA) is 52.9 Å². The number of anilines is 1. The molecular formula is C12H14BrN3O. The normalized spacial score (nSPS) is 10.7. The molecule has 90 valence electrons. The van der Waals surface area contributed by atoms with Crippen LogP contribution in [0.1, 0.15) is 12.5 Å². The predicted molar refractivity (Wildman–Crippen MR) is 72.0 cm³/mol. The molecule has 0 saturated carbocycles. The van der Waals surface area contributed by atoms with Crippen molar-refractivity contribution in [3.8, 4) is 0 Å². The molecule has 0 unspecified atom stereocenters. The summed E-state index contributed by atoms with van der Waals surface area (Å²) < 4.78 is 4.24. The van der Waals surface area contributed by atoms with Crippen molar-refractivity contribution < 1.29 is 0 Å². The second kappa shape index (κ2) is 4.79. The van der Waals surface area contributed by atoms with E-state index < -0.39 is 0 Å². The number of aryl methyl sites for hydroxylation is 1. The summed E-state index contributed by atoms with van der Waals surface area (Å²) in [6.07, 6.45) is 3.57. The van der Waals surface area contributed by atoms with E-state index in [9.17, 15) is 4.79 Å². The van der Waals surface area contributed by atoms with Crippen molar-refractivity contribution >= 4 is 21.6 Å². The summed E-state index contributed by atoms with van der Waals surface area (Å²) in [4.78, 5) is 11.9. The van der Waals surface area contributed by atoms with Crippen LogP contribution in [0.5, 0.6) is 0 Å². The fraction of sp³-hybridized carbons (Fsp3) is 0.250. The first-order valence-electron chi connectivity index (χ1n) is 5.42. The van der Waals surface area contributed by atoms with E-state index in [0.717, 1.165) is 10.0 Å². The summed E-state index contributed by atoms with van der Waals surface area (Å²) in [5.74, 6) is 0. The van der Waals surface area contributed by atoms with Gasteiger partial charge in [-0.05, 0) is 19.1 Å². The van der Waals surface area contributed by atoms with Gasteiger partial charge in [0.15, 0.2) is 0 Å². The van der Waals surface area contributed by atoms with Gasteiger partial charge in [0.25, 0.3) is 0 Å². The number of imidazole rings is 1. The minimum Gasteiger partial charge on any atom is -0.398 e. The number of benzene rings is 1. The number of nitrogens with zero attached hydrogens (tertiary/aromatic N) is 2. The molecule has 1 aromatic carbocycles. The first-order valence-corrected chi connectivity index (χ1v) is 6.21. The van der Waals surface area contributed by atoms with Gasteiger partial charge in [-0.15, -0.1) is 0 Å². The van der Waals surface area contributed by atoms with Crippen molar-refractivity contribution in [2.45, 2.75) is 20.0 Å². The molecule has 2 N–H and O–H groups in total. The third kappa shape index (κ3) is 2.29. The van der Waals surface area contributed by atoms with Gasteiger partial charge in [-0.25, -0.2) is 4.79 Å². The van der Waals surface area contributed by atoms with Gasteiger partial charge >= 0.3 is 5.69 Å². The molecule has 0 fully saturated rings. The second-order valence-electron chi connectivity index (χ2n) is 3.80. The summed E-state index contributed by atoms with van der Waals surface area (Å²) in [5.41, 5.74) is 7.52. The maximum absolute atomic E-state index is 11.9. The second-order valence-corrected chi connectivity index (χ2v) is 4.66. The lowest BCUT2D eigenvalue weighted by Crippen LogP contribution is -2.24. The maximum Gasteiger partial charge on any atom is 0.328 e. The van der Waals surface area contributed by atoms with Crippen LogP contribution in [-0.2, 0) is 13.1 Å². The zero-order valence-corrected chi connectivity index (χ0v) is 11.1. The molecule has 4 nitrogen and oxygen atoms in total. The molecule has 0 radical (unpaired) electrons. The lowest BCUT2D eigenvalue weighted by atomic mass is 10.2. The molecule has 1 aromatic heterocycles. The fourth-order valence-electron chi connectivity index (χ4n) is 1.73. The van der Waals surface area contributed by atoms with E-state index in [4.69, 9.17) is 5.73 Å². The minimum absolute atomic E-state index is 0.0114. The Morgan fingerprint density at radius 2 is 2.00 bits per heavy atom. The average Bonchev–Trinajstić information content (AvgIpc) is 2.65. The molecule has 2 aromatic rings. The standard InChI is InChI=1S/C12H14BrN3O/c1-2-15-6-7-16(12(15)17)8-9-10(13)4-3-5-11(9)14/h3-7H,2,8,14H2,1H3. The number of rotatable bonds is 3. The van der Waals surface area contributed by atoms with Gasteiger partial charge in [-0.3, -0.25) is 9.13 Å². The van der Waals surface area contributed by atoms with Crippen LogP contribution in [-0.4, -0.2) is 9.13 Å². The molecule has 5 heteroatoms. The molecule has 17 heavy (non-hydrogen) atoms. The summed E-state index contributed by atoms with van der Waals surface area (Å²) >= 11 is 3.45. The third-order valence-corrected chi connectivity index (χ3v) is 3.49. The van der Waals surface area contributed by atoms with E-state index in [2.05, 4.69) is 15.9 Å². The molecule has 2 rings (SSSR count). The Labute approximate surface area is 108 Å². The highest BCUT2D eigenvalue weighted by Crippen LogP contribution is 2.22. The van der Waals surface area contributed by atoms with E-state index in [1.54, 1.807) is 21.5 Å². The zero-order valence-electron chi connectivity index (χ0n) is 9.56. The van der Waals surface area contributed by atoms with Crippen LogP contribution < -0.4 is 11.4 Å². The van der Waals surface area contributed by atoms with Gasteiger partial charge in [0.1, 0.15) is 0 Å². The highest BCUT2D eigenvalue weighted by molar-refractivity contribution is 9.10. The number of nitrogens with two attached hydrogens (primary N) is 1. The number of aromatic nitrogens is 2.